The molecule has 0 rings (SSSR count). The molecule has 0 aromatic heterocycles. The Morgan fingerprint density at radius 2 is 1.92 bits per heavy atom. The molecule has 1 unspecified atom stereocenters. The summed E-state index contributed by atoms with van der Waals surface area (Å²) < 4.78 is 0. The van der Waals surface area contributed by atoms with Gasteiger partial charge in [0.2, 0.25) is 0 Å². The molecule has 0 heterocycles. The molecule has 0 amide bonds. The summed E-state index contributed by atoms with van der Waals surface area (Å²) in [6.07, 6.45) is 3.17. The molecule has 1 atom stereocenters. The van der Waals surface area contributed by atoms with Crippen molar-refractivity contribution in [3.63, 3.8) is 0 Å². The van der Waals surface area contributed by atoms with Gasteiger partial charge >= 0.3 is 0 Å². The van der Waals surface area contributed by atoms with E-state index in [0.29, 0.717) is 6.04 Å². The van der Waals surface area contributed by atoms with Crippen LogP contribution in [0.5, 0.6) is 0 Å². The van der Waals surface area contributed by atoms with Gasteiger partial charge in [-0.3, -0.25) is 0 Å². The third kappa shape index (κ3) is 5.83. The van der Waals surface area contributed by atoms with Gasteiger partial charge in [-0.05, 0) is 32.6 Å². The van der Waals surface area contributed by atoms with Gasteiger partial charge in [0.1, 0.15) is 0 Å². The quantitative estimate of drug-likeness (QED) is 0.579. The van der Waals surface area contributed by atoms with Crippen LogP contribution in [0.3, 0.4) is 0 Å². The summed E-state index contributed by atoms with van der Waals surface area (Å²) in [7, 11) is 0. The molecule has 0 bridgehead atoms. The van der Waals surface area contributed by atoms with Crippen molar-refractivity contribution >= 4 is 0 Å². The first-order valence-electron chi connectivity index (χ1n) is 5.36. The first kappa shape index (κ1) is 12.7. The molecule has 0 aromatic rings. The van der Waals surface area contributed by atoms with Crippen molar-refractivity contribution in [2.75, 3.05) is 26.2 Å². The van der Waals surface area contributed by atoms with E-state index in [9.17, 15) is 0 Å². The van der Waals surface area contributed by atoms with Crippen molar-refractivity contribution in [1.29, 1.82) is 0 Å². The van der Waals surface area contributed by atoms with Crippen LogP contribution in [0.2, 0.25) is 0 Å². The van der Waals surface area contributed by atoms with Crippen LogP contribution in [-0.4, -0.2) is 37.1 Å². The van der Waals surface area contributed by atoms with Crippen LogP contribution in [-0.2, 0) is 0 Å². The second kappa shape index (κ2) is 8.27. The summed E-state index contributed by atoms with van der Waals surface area (Å²) in [4.78, 5) is 2.44. The van der Waals surface area contributed by atoms with Gasteiger partial charge in [0.15, 0.2) is 0 Å². The Morgan fingerprint density at radius 1 is 1.31 bits per heavy atom. The minimum Gasteiger partial charge on any atom is -0.311 e. The van der Waals surface area contributed by atoms with Gasteiger partial charge in [-0.1, -0.05) is 26.8 Å². The van der Waals surface area contributed by atoms with Gasteiger partial charge in [-0.15, -0.1) is 6.58 Å². The van der Waals surface area contributed by atoms with Crippen LogP contribution in [0.15, 0.2) is 12.7 Å². The number of nitrogens with one attached hydrogen (secondary N) is 1. The molecular weight excluding hydrogens is 160 g/mol. The number of likely N-dealkylation sites (N-methyl/N-ethyl adjacent to an activating group) is 1. The zero-order chi connectivity index (χ0) is 10.1. The Labute approximate surface area is 83.0 Å². The molecule has 2 heteroatoms. The summed E-state index contributed by atoms with van der Waals surface area (Å²) >= 11 is 0. The molecule has 0 aromatic carbocycles. The van der Waals surface area contributed by atoms with Gasteiger partial charge in [0.25, 0.3) is 0 Å². The van der Waals surface area contributed by atoms with Crippen molar-refractivity contribution < 1.29 is 0 Å². The van der Waals surface area contributed by atoms with Gasteiger partial charge < -0.3 is 10.2 Å². The SMILES string of the molecule is C=CC(CCN(CC)CC)NCC. The predicted molar refractivity (Wildman–Crippen MR) is 60.1 cm³/mol. The highest BCUT2D eigenvalue weighted by Crippen LogP contribution is 1.97. The Balaban J connectivity index is 3.62. The molecule has 1 N–H and O–H groups in total. The van der Waals surface area contributed by atoms with E-state index < -0.39 is 0 Å². The average molecular weight is 184 g/mol. The van der Waals surface area contributed by atoms with Crippen LogP contribution < -0.4 is 5.32 Å². The van der Waals surface area contributed by atoms with Crippen LogP contribution in [0.4, 0.5) is 0 Å². The lowest BCUT2D eigenvalue weighted by Gasteiger charge is -2.21. The van der Waals surface area contributed by atoms with Crippen molar-refractivity contribution in [1.82, 2.24) is 10.2 Å². The minimum atomic E-state index is 0.477. The number of hydrogen-bond donors (Lipinski definition) is 1. The second-order valence-corrected chi connectivity index (χ2v) is 3.22. The molecule has 0 fully saturated rings. The molecule has 0 spiro atoms. The standard InChI is InChI=1S/C11H24N2/c1-5-11(12-6-2)9-10-13(7-3)8-4/h5,11-12H,1,6-10H2,2-4H3. The molecule has 0 aliphatic rings. The van der Waals surface area contributed by atoms with Gasteiger partial charge in [0, 0.05) is 6.04 Å². The van der Waals surface area contributed by atoms with E-state index >= 15 is 0 Å². The lowest BCUT2D eigenvalue weighted by Crippen LogP contribution is -2.32. The summed E-state index contributed by atoms with van der Waals surface area (Å²) in [5.74, 6) is 0. The maximum Gasteiger partial charge on any atom is 0.0259 e. The van der Waals surface area contributed by atoms with Gasteiger partial charge in [-0.25, -0.2) is 0 Å². The summed E-state index contributed by atoms with van der Waals surface area (Å²) in [5, 5.41) is 3.39. The van der Waals surface area contributed by atoms with Crippen molar-refractivity contribution in [2.24, 2.45) is 0 Å². The molecule has 2 nitrogen and oxygen atoms in total. The molecule has 78 valence electrons. The summed E-state index contributed by atoms with van der Waals surface area (Å²) in [6.45, 7) is 14.9. The third-order valence-electron chi connectivity index (χ3n) is 2.40. The predicted octanol–water partition coefficient (Wildman–Crippen LogP) is 1.88. The first-order valence-corrected chi connectivity index (χ1v) is 5.36. The maximum absolute atomic E-state index is 3.83. The molecule has 0 aliphatic heterocycles. The molecule has 0 saturated carbocycles. The highest BCUT2D eigenvalue weighted by molar-refractivity contribution is 4.85. The third-order valence-corrected chi connectivity index (χ3v) is 2.40. The molecule has 0 radical (unpaired) electrons. The van der Waals surface area contributed by atoms with E-state index in [1.807, 2.05) is 6.08 Å². The normalized spacial score (nSPS) is 13.2. The van der Waals surface area contributed by atoms with E-state index in [4.69, 9.17) is 0 Å². The largest absolute Gasteiger partial charge is 0.311 e. The zero-order valence-corrected chi connectivity index (χ0v) is 9.34. The lowest BCUT2D eigenvalue weighted by atomic mass is 10.2. The highest BCUT2D eigenvalue weighted by Gasteiger charge is 2.04. The summed E-state index contributed by atoms with van der Waals surface area (Å²) in [5.41, 5.74) is 0. The monoisotopic (exact) mass is 184 g/mol. The number of nitrogens with zero attached hydrogens (tertiary/aromatic N) is 1. The maximum atomic E-state index is 3.83. The Kier molecular flexibility index (Phi) is 8.05. The van der Waals surface area contributed by atoms with Crippen LogP contribution in [0.1, 0.15) is 27.2 Å². The van der Waals surface area contributed by atoms with Crippen LogP contribution in [0, 0.1) is 0 Å². The van der Waals surface area contributed by atoms with Gasteiger partial charge in [0.05, 0.1) is 0 Å². The second-order valence-electron chi connectivity index (χ2n) is 3.22. The van der Waals surface area contributed by atoms with Crippen molar-refractivity contribution in [3.8, 4) is 0 Å². The summed E-state index contributed by atoms with van der Waals surface area (Å²) in [6, 6.07) is 0.477. The average Bonchev–Trinajstić information content (AvgIpc) is 2.17. The van der Waals surface area contributed by atoms with E-state index in [-0.39, 0.29) is 0 Å². The zero-order valence-electron chi connectivity index (χ0n) is 9.34. The van der Waals surface area contributed by atoms with Crippen molar-refractivity contribution in [3.05, 3.63) is 12.7 Å². The number of rotatable bonds is 8. The molecule has 0 aliphatic carbocycles. The Morgan fingerprint density at radius 3 is 2.31 bits per heavy atom. The topological polar surface area (TPSA) is 15.3 Å². The minimum absolute atomic E-state index is 0.477. The Hall–Kier alpha value is -0.340. The van der Waals surface area contributed by atoms with Crippen LogP contribution in [0.25, 0.3) is 0 Å². The first-order chi connectivity index (χ1) is 6.28. The fraction of sp³-hybridized carbons (Fsp3) is 0.818. The van der Waals surface area contributed by atoms with Gasteiger partial charge in [-0.2, -0.15) is 0 Å². The molecular formula is C11H24N2. The molecule has 13 heavy (non-hydrogen) atoms. The van der Waals surface area contributed by atoms with E-state index in [1.165, 1.54) is 6.42 Å². The van der Waals surface area contributed by atoms with E-state index in [1.54, 1.807) is 0 Å². The van der Waals surface area contributed by atoms with E-state index in [0.717, 1.165) is 26.2 Å². The Bertz CT molecular complexity index is 119. The van der Waals surface area contributed by atoms with Crippen LogP contribution >= 0.6 is 0 Å². The fourth-order valence-electron chi connectivity index (χ4n) is 1.43. The fourth-order valence-corrected chi connectivity index (χ4v) is 1.43. The number of hydrogen-bond acceptors (Lipinski definition) is 2. The van der Waals surface area contributed by atoms with E-state index in [2.05, 4.69) is 37.6 Å². The highest BCUT2D eigenvalue weighted by atomic mass is 15.1. The van der Waals surface area contributed by atoms with Crippen molar-refractivity contribution in [2.45, 2.75) is 33.2 Å². The molecule has 0 saturated heterocycles. The smallest absolute Gasteiger partial charge is 0.0259 e. The lowest BCUT2D eigenvalue weighted by molar-refractivity contribution is 0.290.